The van der Waals surface area contributed by atoms with Gasteiger partial charge in [0.05, 0.1) is 23.4 Å². The number of thioether (sulfide) groups is 1. The molecule has 1 aromatic carbocycles. The van der Waals surface area contributed by atoms with E-state index in [1.54, 1.807) is 13.8 Å². The number of aromatic amines is 2. The number of carbonyl (C=O) groups is 1. The van der Waals surface area contributed by atoms with E-state index >= 15 is 0 Å². The van der Waals surface area contributed by atoms with Crippen LogP contribution < -0.4 is 5.56 Å². The van der Waals surface area contributed by atoms with E-state index in [1.807, 2.05) is 25.1 Å². The van der Waals surface area contributed by atoms with Gasteiger partial charge in [-0.3, -0.25) is 4.79 Å². The van der Waals surface area contributed by atoms with Crippen LogP contribution in [0.15, 0.2) is 32.6 Å². The van der Waals surface area contributed by atoms with Crippen molar-refractivity contribution in [3.05, 3.63) is 51.3 Å². The number of aromatic nitrogens is 4. The van der Waals surface area contributed by atoms with E-state index in [1.165, 1.54) is 11.8 Å². The number of carbonyl (C=O) groups excluding carboxylic acids is 1. The molecule has 4 aromatic rings. The largest absolute Gasteiger partial charge is 0.462 e. The van der Waals surface area contributed by atoms with Crippen molar-refractivity contribution in [1.29, 1.82) is 0 Å². The number of nitrogens with one attached hydrogen (secondary N) is 2. The van der Waals surface area contributed by atoms with Crippen LogP contribution in [0.3, 0.4) is 0 Å². The summed E-state index contributed by atoms with van der Waals surface area (Å²) in [5.74, 6) is 0.538. The average Bonchev–Trinajstić information content (AvgIpc) is 3.19. The van der Waals surface area contributed by atoms with Crippen LogP contribution in [-0.4, -0.2) is 32.5 Å². The Balaban J connectivity index is 1.62. The molecule has 2 N–H and O–H groups in total. The number of aryl methyl sites for hydroxylation is 2. The van der Waals surface area contributed by atoms with Crippen LogP contribution >= 0.6 is 11.8 Å². The van der Waals surface area contributed by atoms with Crippen molar-refractivity contribution >= 4 is 39.9 Å². The van der Waals surface area contributed by atoms with E-state index in [0.29, 0.717) is 17.3 Å². The Hall–Kier alpha value is -3.07. The molecule has 3 heterocycles. The van der Waals surface area contributed by atoms with Gasteiger partial charge in [0.15, 0.2) is 5.16 Å². The molecular formula is C19H18N4O4S. The molecule has 3 aromatic heterocycles. The second kappa shape index (κ2) is 7.16. The third kappa shape index (κ3) is 3.29. The zero-order chi connectivity index (χ0) is 19.8. The highest BCUT2D eigenvalue weighted by Crippen LogP contribution is 2.25. The van der Waals surface area contributed by atoms with Crippen molar-refractivity contribution < 1.29 is 13.9 Å². The molecule has 9 heteroatoms. The summed E-state index contributed by atoms with van der Waals surface area (Å²) in [5, 5.41) is 0.843. The minimum Gasteiger partial charge on any atom is -0.462 e. The highest BCUT2D eigenvalue weighted by molar-refractivity contribution is 7.98. The molecule has 0 aliphatic heterocycles. The summed E-state index contributed by atoms with van der Waals surface area (Å²) in [5.41, 5.74) is 2.80. The van der Waals surface area contributed by atoms with Crippen LogP contribution in [0.2, 0.25) is 0 Å². The molecule has 0 aliphatic rings. The molecule has 0 radical (unpaired) electrons. The summed E-state index contributed by atoms with van der Waals surface area (Å²) >= 11 is 1.42. The van der Waals surface area contributed by atoms with Crippen molar-refractivity contribution in [2.24, 2.45) is 0 Å². The highest BCUT2D eigenvalue weighted by Gasteiger charge is 2.23. The van der Waals surface area contributed by atoms with Crippen LogP contribution in [0.4, 0.5) is 0 Å². The monoisotopic (exact) mass is 398 g/mol. The zero-order valence-electron chi connectivity index (χ0n) is 15.6. The third-order valence-corrected chi connectivity index (χ3v) is 5.11. The first-order valence-corrected chi connectivity index (χ1v) is 9.73. The number of ether oxygens (including phenoxy) is 1. The summed E-state index contributed by atoms with van der Waals surface area (Å²) < 4.78 is 10.5. The Morgan fingerprint density at radius 1 is 1.25 bits per heavy atom. The van der Waals surface area contributed by atoms with Crippen LogP contribution in [0.25, 0.3) is 22.1 Å². The smallest absolute Gasteiger partial charge is 0.342 e. The molecule has 0 fully saturated rings. The van der Waals surface area contributed by atoms with E-state index in [2.05, 4.69) is 19.9 Å². The van der Waals surface area contributed by atoms with E-state index in [9.17, 15) is 9.59 Å². The van der Waals surface area contributed by atoms with Crippen LogP contribution in [0.5, 0.6) is 0 Å². The lowest BCUT2D eigenvalue weighted by atomic mass is 10.2. The third-order valence-electron chi connectivity index (χ3n) is 4.23. The molecule has 8 nitrogen and oxygen atoms in total. The Morgan fingerprint density at radius 2 is 2.07 bits per heavy atom. The maximum absolute atomic E-state index is 12.5. The lowest BCUT2D eigenvalue weighted by molar-refractivity contribution is 0.0526. The SMILES string of the molecule is CCOC(=O)c1c(C)oc2nc(CSc3nc4ccc(C)cc4[nH]3)[nH]c(=O)c12. The molecule has 144 valence electrons. The minimum atomic E-state index is -0.592. The number of hydrogen-bond acceptors (Lipinski definition) is 7. The van der Waals surface area contributed by atoms with Gasteiger partial charge in [-0.05, 0) is 38.5 Å². The van der Waals surface area contributed by atoms with Gasteiger partial charge in [0.2, 0.25) is 5.71 Å². The molecule has 0 bridgehead atoms. The van der Waals surface area contributed by atoms with E-state index in [4.69, 9.17) is 9.15 Å². The Bertz CT molecular complexity index is 1250. The number of fused-ring (bicyclic) bond motifs is 2. The molecule has 0 unspecified atom stereocenters. The van der Waals surface area contributed by atoms with Crippen LogP contribution in [0, 0.1) is 13.8 Å². The van der Waals surface area contributed by atoms with Gasteiger partial charge in [-0.2, -0.15) is 4.98 Å². The number of imidazole rings is 1. The number of hydrogen-bond donors (Lipinski definition) is 2. The summed E-state index contributed by atoms with van der Waals surface area (Å²) in [6.45, 7) is 5.54. The van der Waals surface area contributed by atoms with Gasteiger partial charge in [0, 0.05) is 0 Å². The van der Waals surface area contributed by atoms with Gasteiger partial charge in [-0.25, -0.2) is 9.78 Å². The maximum atomic E-state index is 12.5. The van der Waals surface area contributed by atoms with Crippen LogP contribution in [0.1, 0.15) is 34.4 Å². The standard InChI is InChI=1S/C19H18N4O4S/c1-4-26-18(25)14-10(3)27-17-15(14)16(24)22-13(23-17)8-28-19-20-11-6-5-9(2)7-12(11)21-19/h5-7H,4,8H2,1-3H3,(H,20,21)(H,22,23,24). The molecule has 0 atom stereocenters. The topological polar surface area (TPSA) is 114 Å². The zero-order valence-corrected chi connectivity index (χ0v) is 16.4. The summed E-state index contributed by atoms with van der Waals surface area (Å²) in [6, 6.07) is 5.99. The lowest BCUT2D eigenvalue weighted by Crippen LogP contribution is -2.14. The van der Waals surface area contributed by atoms with Gasteiger partial charge in [0.1, 0.15) is 22.5 Å². The van der Waals surface area contributed by atoms with Crippen molar-refractivity contribution in [3.8, 4) is 0 Å². The molecule has 4 rings (SSSR count). The fraction of sp³-hybridized carbons (Fsp3) is 0.263. The normalized spacial score (nSPS) is 11.4. The number of furan rings is 1. The van der Waals surface area contributed by atoms with Crippen molar-refractivity contribution in [2.75, 3.05) is 6.61 Å². The number of esters is 1. The lowest BCUT2D eigenvalue weighted by Gasteiger charge is -2.01. The first kappa shape index (κ1) is 18.3. The summed E-state index contributed by atoms with van der Waals surface area (Å²) in [6.07, 6.45) is 0. The molecule has 0 saturated carbocycles. The van der Waals surface area contributed by atoms with Crippen LogP contribution in [-0.2, 0) is 10.5 Å². The predicted octanol–water partition coefficient (Wildman–Crippen LogP) is 3.48. The Morgan fingerprint density at radius 3 is 2.86 bits per heavy atom. The molecule has 0 spiro atoms. The quantitative estimate of drug-likeness (QED) is 0.391. The number of rotatable bonds is 5. The predicted molar refractivity (Wildman–Crippen MR) is 106 cm³/mol. The average molecular weight is 398 g/mol. The van der Waals surface area contributed by atoms with Gasteiger partial charge in [0.25, 0.3) is 5.56 Å². The van der Waals surface area contributed by atoms with Crippen molar-refractivity contribution in [1.82, 2.24) is 19.9 Å². The second-order valence-corrected chi connectivity index (χ2v) is 7.26. The van der Waals surface area contributed by atoms with Gasteiger partial charge in [-0.15, -0.1) is 0 Å². The highest BCUT2D eigenvalue weighted by atomic mass is 32.2. The first-order chi connectivity index (χ1) is 13.5. The molecule has 0 aliphatic carbocycles. The molecular weight excluding hydrogens is 380 g/mol. The van der Waals surface area contributed by atoms with E-state index < -0.39 is 11.5 Å². The molecule has 0 amide bonds. The number of nitrogens with zero attached hydrogens (tertiary/aromatic N) is 2. The Kier molecular flexibility index (Phi) is 4.68. The van der Waals surface area contributed by atoms with Crippen molar-refractivity contribution in [3.63, 3.8) is 0 Å². The van der Waals surface area contributed by atoms with Gasteiger partial charge >= 0.3 is 5.97 Å². The fourth-order valence-electron chi connectivity index (χ4n) is 2.99. The summed E-state index contributed by atoms with van der Waals surface area (Å²) in [7, 11) is 0. The molecule has 28 heavy (non-hydrogen) atoms. The number of benzene rings is 1. The van der Waals surface area contributed by atoms with Gasteiger partial charge < -0.3 is 19.1 Å². The van der Waals surface area contributed by atoms with E-state index in [-0.39, 0.29) is 23.3 Å². The minimum absolute atomic E-state index is 0.115. The number of H-pyrrole nitrogens is 2. The summed E-state index contributed by atoms with van der Waals surface area (Å²) in [4.78, 5) is 39.5. The van der Waals surface area contributed by atoms with E-state index in [0.717, 1.165) is 21.8 Å². The first-order valence-electron chi connectivity index (χ1n) is 8.75. The molecule has 0 saturated heterocycles. The van der Waals surface area contributed by atoms with Crippen molar-refractivity contribution in [2.45, 2.75) is 31.7 Å². The van der Waals surface area contributed by atoms with Gasteiger partial charge in [-0.1, -0.05) is 17.8 Å². The Labute approximate surface area is 163 Å². The fourth-order valence-corrected chi connectivity index (χ4v) is 3.74. The second-order valence-electron chi connectivity index (χ2n) is 6.30. The maximum Gasteiger partial charge on any atom is 0.342 e.